The van der Waals surface area contributed by atoms with Crippen LogP contribution in [-0.2, 0) is 4.79 Å². The molecule has 0 radical (unpaired) electrons. The Balaban J connectivity index is 0.00000208. The molecule has 0 atom stereocenters. The predicted octanol–water partition coefficient (Wildman–Crippen LogP) is 3.32. The fourth-order valence-corrected chi connectivity index (χ4v) is 3.30. The zero-order chi connectivity index (χ0) is 16.2. The third-order valence-corrected chi connectivity index (χ3v) is 4.65. The Morgan fingerprint density at radius 2 is 2.17 bits per heavy atom. The second-order valence-corrected chi connectivity index (χ2v) is 6.26. The molecule has 0 unspecified atom stereocenters. The van der Waals surface area contributed by atoms with Crippen molar-refractivity contribution < 1.29 is 13.9 Å². The Hall–Kier alpha value is -1.70. The van der Waals surface area contributed by atoms with Gasteiger partial charge in [0.05, 0.1) is 12.8 Å². The number of hydrogen-bond donors (Lipinski definition) is 2. The van der Waals surface area contributed by atoms with Gasteiger partial charge in [0.15, 0.2) is 16.7 Å². The van der Waals surface area contributed by atoms with Gasteiger partial charge in [-0.05, 0) is 44.1 Å². The molecule has 1 fully saturated rings. The van der Waals surface area contributed by atoms with E-state index in [2.05, 4.69) is 15.6 Å². The molecular formula is C16H19ClFN3O2S. The Bertz CT molecular complexity index is 704. The number of methoxy groups -OCH3 is 1. The lowest BCUT2D eigenvalue weighted by Gasteiger charge is -2.20. The predicted molar refractivity (Wildman–Crippen MR) is 95.5 cm³/mol. The molecule has 2 heterocycles. The smallest absolute Gasteiger partial charge is 0.229 e. The molecule has 0 bridgehead atoms. The van der Waals surface area contributed by atoms with Crippen molar-refractivity contribution in [3.8, 4) is 17.0 Å². The number of piperidine rings is 1. The minimum atomic E-state index is -0.432. The second kappa shape index (κ2) is 8.41. The van der Waals surface area contributed by atoms with Crippen LogP contribution in [-0.4, -0.2) is 31.1 Å². The molecule has 1 saturated heterocycles. The van der Waals surface area contributed by atoms with E-state index >= 15 is 0 Å². The number of benzene rings is 1. The number of carbonyl (C=O) groups excluding carboxylic acids is 1. The number of amides is 1. The third kappa shape index (κ3) is 4.23. The van der Waals surface area contributed by atoms with Gasteiger partial charge < -0.3 is 15.4 Å². The van der Waals surface area contributed by atoms with Crippen LogP contribution < -0.4 is 15.4 Å². The number of hydrogen-bond acceptors (Lipinski definition) is 5. The van der Waals surface area contributed by atoms with Crippen LogP contribution in [0.15, 0.2) is 23.6 Å². The van der Waals surface area contributed by atoms with Crippen LogP contribution >= 0.6 is 23.7 Å². The molecule has 24 heavy (non-hydrogen) atoms. The van der Waals surface area contributed by atoms with Crippen molar-refractivity contribution in [3.63, 3.8) is 0 Å². The molecule has 3 rings (SSSR count). The first kappa shape index (κ1) is 18.6. The van der Waals surface area contributed by atoms with Gasteiger partial charge in [0.25, 0.3) is 0 Å². The van der Waals surface area contributed by atoms with E-state index in [1.54, 1.807) is 17.5 Å². The van der Waals surface area contributed by atoms with Gasteiger partial charge in [-0.2, -0.15) is 0 Å². The highest BCUT2D eigenvalue weighted by Crippen LogP contribution is 2.28. The monoisotopic (exact) mass is 371 g/mol. The van der Waals surface area contributed by atoms with Gasteiger partial charge in [-0.1, -0.05) is 0 Å². The van der Waals surface area contributed by atoms with E-state index in [0.29, 0.717) is 16.4 Å². The summed E-state index contributed by atoms with van der Waals surface area (Å²) in [7, 11) is 1.43. The van der Waals surface area contributed by atoms with Crippen LogP contribution in [0.2, 0.25) is 0 Å². The van der Waals surface area contributed by atoms with Crippen molar-refractivity contribution in [3.05, 3.63) is 29.4 Å². The van der Waals surface area contributed by atoms with E-state index in [-0.39, 0.29) is 30.0 Å². The zero-order valence-electron chi connectivity index (χ0n) is 13.2. The first-order valence-electron chi connectivity index (χ1n) is 7.48. The van der Waals surface area contributed by atoms with E-state index in [0.717, 1.165) is 25.9 Å². The number of anilines is 1. The van der Waals surface area contributed by atoms with Gasteiger partial charge in [-0.25, -0.2) is 9.37 Å². The summed E-state index contributed by atoms with van der Waals surface area (Å²) in [4.78, 5) is 16.6. The summed E-state index contributed by atoms with van der Waals surface area (Å²) >= 11 is 1.34. The molecule has 1 amide bonds. The lowest BCUT2D eigenvalue weighted by molar-refractivity contribution is -0.120. The second-order valence-electron chi connectivity index (χ2n) is 5.40. The maximum atomic E-state index is 13.8. The number of rotatable bonds is 4. The Morgan fingerprint density at radius 1 is 1.42 bits per heavy atom. The Morgan fingerprint density at radius 3 is 2.83 bits per heavy atom. The van der Waals surface area contributed by atoms with E-state index in [1.165, 1.54) is 24.5 Å². The largest absolute Gasteiger partial charge is 0.494 e. The maximum absolute atomic E-state index is 13.8. The lowest BCUT2D eigenvalue weighted by atomic mass is 9.97. The zero-order valence-corrected chi connectivity index (χ0v) is 14.8. The van der Waals surface area contributed by atoms with E-state index in [4.69, 9.17) is 4.74 Å². The standard InChI is InChI=1S/C16H18FN3O2S.ClH/c1-22-14-3-2-11(8-12(14)17)13-9-23-16(19-13)20-15(21)10-4-6-18-7-5-10;/h2-3,8-10,18H,4-7H2,1H3,(H,19,20,21);1H. The summed E-state index contributed by atoms with van der Waals surface area (Å²) in [5.74, 6) is -0.197. The summed E-state index contributed by atoms with van der Waals surface area (Å²) in [5.41, 5.74) is 1.29. The summed E-state index contributed by atoms with van der Waals surface area (Å²) in [6, 6.07) is 4.69. The lowest BCUT2D eigenvalue weighted by Crippen LogP contribution is -2.34. The average Bonchev–Trinajstić information content (AvgIpc) is 3.04. The number of nitrogens with zero attached hydrogens (tertiary/aromatic N) is 1. The average molecular weight is 372 g/mol. The van der Waals surface area contributed by atoms with Gasteiger partial charge in [0, 0.05) is 16.9 Å². The van der Waals surface area contributed by atoms with Crippen LogP contribution in [0.1, 0.15) is 12.8 Å². The van der Waals surface area contributed by atoms with Crippen molar-refractivity contribution in [2.24, 2.45) is 5.92 Å². The van der Waals surface area contributed by atoms with E-state index in [1.807, 2.05) is 0 Å². The third-order valence-electron chi connectivity index (χ3n) is 3.89. The fraction of sp³-hybridized carbons (Fsp3) is 0.375. The van der Waals surface area contributed by atoms with E-state index < -0.39 is 5.82 Å². The molecular weight excluding hydrogens is 353 g/mol. The van der Waals surface area contributed by atoms with Gasteiger partial charge in [-0.3, -0.25) is 4.79 Å². The molecule has 0 spiro atoms. The molecule has 1 aromatic heterocycles. The Kier molecular flexibility index (Phi) is 6.53. The van der Waals surface area contributed by atoms with Crippen molar-refractivity contribution in [2.75, 3.05) is 25.5 Å². The number of nitrogens with one attached hydrogen (secondary N) is 2. The van der Waals surface area contributed by atoms with Crippen molar-refractivity contribution in [2.45, 2.75) is 12.8 Å². The fourth-order valence-electron chi connectivity index (χ4n) is 2.58. The minimum Gasteiger partial charge on any atom is -0.494 e. The number of aromatic nitrogens is 1. The molecule has 1 aromatic carbocycles. The molecule has 2 aromatic rings. The topological polar surface area (TPSA) is 63.2 Å². The van der Waals surface area contributed by atoms with Crippen molar-refractivity contribution in [1.82, 2.24) is 10.3 Å². The summed E-state index contributed by atoms with van der Waals surface area (Å²) in [5, 5.41) is 8.44. The molecule has 0 saturated carbocycles. The molecule has 1 aliphatic rings. The molecule has 5 nitrogen and oxygen atoms in total. The first-order chi connectivity index (χ1) is 11.2. The minimum absolute atomic E-state index is 0. The summed E-state index contributed by atoms with van der Waals surface area (Å²) < 4.78 is 18.7. The van der Waals surface area contributed by atoms with Crippen LogP contribution in [0.5, 0.6) is 5.75 Å². The first-order valence-corrected chi connectivity index (χ1v) is 8.36. The van der Waals surface area contributed by atoms with Crippen LogP contribution in [0.3, 0.4) is 0 Å². The summed E-state index contributed by atoms with van der Waals surface area (Å²) in [6.45, 7) is 1.73. The van der Waals surface area contributed by atoms with Crippen LogP contribution in [0.25, 0.3) is 11.3 Å². The molecule has 1 aliphatic heterocycles. The van der Waals surface area contributed by atoms with Crippen LogP contribution in [0.4, 0.5) is 9.52 Å². The van der Waals surface area contributed by atoms with Crippen molar-refractivity contribution in [1.29, 1.82) is 0 Å². The molecule has 130 valence electrons. The van der Waals surface area contributed by atoms with Gasteiger partial charge in [0.1, 0.15) is 0 Å². The van der Waals surface area contributed by atoms with Gasteiger partial charge in [0.2, 0.25) is 5.91 Å². The highest BCUT2D eigenvalue weighted by Gasteiger charge is 2.21. The molecule has 8 heteroatoms. The quantitative estimate of drug-likeness (QED) is 0.865. The van der Waals surface area contributed by atoms with Crippen molar-refractivity contribution >= 4 is 34.8 Å². The number of carbonyl (C=O) groups is 1. The molecule has 0 aliphatic carbocycles. The Labute approximate surface area is 150 Å². The SMILES string of the molecule is COc1ccc(-c2csc(NC(=O)C3CCNCC3)n2)cc1F.Cl. The number of thiazole rings is 1. The van der Waals surface area contributed by atoms with Gasteiger partial charge in [-0.15, -0.1) is 23.7 Å². The highest BCUT2D eigenvalue weighted by atomic mass is 35.5. The van der Waals surface area contributed by atoms with E-state index in [9.17, 15) is 9.18 Å². The van der Waals surface area contributed by atoms with Crippen LogP contribution in [0, 0.1) is 11.7 Å². The van der Waals surface area contributed by atoms with Gasteiger partial charge >= 0.3 is 0 Å². The number of ether oxygens (including phenoxy) is 1. The molecule has 2 N–H and O–H groups in total. The highest BCUT2D eigenvalue weighted by molar-refractivity contribution is 7.14. The normalized spacial score (nSPS) is 14.8. The number of halogens is 2. The summed E-state index contributed by atoms with van der Waals surface area (Å²) in [6.07, 6.45) is 1.68. The maximum Gasteiger partial charge on any atom is 0.229 e.